The van der Waals surface area contributed by atoms with Gasteiger partial charge in [0, 0.05) is 28.2 Å². The molecule has 0 radical (unpaired) electrons. The first-order chi connectivity index (χ1) is 9.81. The van der Waals surface area contributed by atoms with Crippen LogP contribution in [0.5, 0.6) is 0 Å². The summed E-state index contributed by atoms with van der Waals surface area (Å²) < 4.78 is 3.52. The monoisotopic (exact) mass is 331 g/mol. The van der Waals surface area contributed by atoms with E-state index in [0.29, 0.717) is 18.1 Å². The molecule has 2 aromatic rings. The predicted molar refractivity (Wildman–Crippen MR) is 83.6 cm³/mol. The molecule has 1 aromatic heterocycles. The maximum absolute atomic E-state index is 4.41. The quantitative estimate of drug-likeness (QED) is 0.907. The Morgan fingerprint density at radius 2 is 1.90 bits per heavy atom. The lowest BCUT2D eigenvalue weighted by atomic mass is 9.99. The van der Waals surface area contributed by atoms with Crippen molar-refractivity contribution in [2.45, 2.75) is 43.8 Å². The minimum absolute atomic E-state index is 0.582. The largest absolute Gasteiger partial charge is 0.327 e. The number of rotatable bonds is 2. The first-order valence-electron chi connectivity index (χ1n) is 7.34. The number of aromatic nitrogens is 2. The van der Waals surface area contributed by atoms with Gasteiger partial charge in [0.15, 0.2) is 0 Å². The van der Waals surface area contributed by atoms with Crippen molar-refractivity contribution in [2.75, 3.05) is 0 Å². The molecular formula is C16H18BrN3. The molecule has 20 heavy (non-hydrogen) atoms. The maximum Gasteiger partial charge on any atom is 0.0953 e. The van der Waals surface area contributed by atoms with Crippen LogP contribution in [0.2, 0.25) is 0 Å². The van der Waals surface area contributed by atoms with E-state index in [1.807, 2.05) is 12.5 Å². The van der Waals surface area contributed by atoms with Crippen LogP contribution in [0, 0.1) is 0 Å². The molecule has 1 N–H and O–H groups in total. The number of halogens is 1. The fourth-order valence-corrected chi connectivity index (χ4v) is 4.22. The second-order valence-electron chi connectivity index (χ2n) is 5.93. The Morgan fingerprint density at radius 3 is 2.65 bits per heavy atom. The number of piperidine rings is 1. The molecule has 4 rings (SSSR count). The van der Waals surface area contributed by atoms with Gasteiger partial charge in [0.1, 0.15) is 0 Å². The highest BCUT2D eigenvalue weighted by atomic mass is 79.9. The van der Waals surface area contributed by atoms with Crippen molar-refractivity contribution in [3.63, 3.8) is 0 Å². The SMILES string of the molecule is Brc1ccccc1-c1cncn1C1CC2CCC(C1)N2. The number of hydrogen-bond donors (Lipinski definition) is 1. The average molecular weight is 332 g/mol. The highest BCUT2D eigenvalue weighted by Gasteiger charge is 2.34. The molecule has 0 spiro atoms. The number of hydrogen-bond acceptors (Lipinski definition) is 2. The number of imidazole rings is 1. The third-order valence-electron chi connectivity index (χ3n) is 4.66. The summed E-state index contributed by atoms with van der Waals surface area (Å²) in [5.74, 6) is 0. The van der Waals surface area contributed by atoms with Crippen molar-refractivity contribution in [1.82, 2.24) is 14.9 Å². The summed E-state index contributed by atoms with van der Waals surface area (Å²) in [7, 11) is 0. The van der Waals surface area contributed by atoms with E-state index in [4.69, 9.17) is 0 Å². The highest BCUT2D eigenvalue weighted by molar-refractivity contribution is 9.10. The highest BCUT2D eigenvalue weighted by Crippen LogP contribution is 2.37. The van der Waals surface area contributed by atoms with E-state index in [1.165, 1.54) is 36.9 Å². The van der Waals surface area contributed by atoms with Crippen molar-refractivity contribution in [3.05, 3.63) is 41.3 Å². The van der Waals surface area contributed by atoms with Crippen molar-refractivity contribution in [3.8, 4) is 11.3 Å². The molecule has 3 nitrogen and oxygen atoms in total. The molecule has 4 heteroatoms. The molecule has 2 aliphatic rings. The van der Waals surface area contributed by atoms with Crippen LogP contribution in [0.4, 0.5) is 0 Å². The molecule has 0 amide bonds. The van der Waals surface area contributed by atoms with E-state index < -0.39 is 0 Å². The van der Waals surface area contributed by atoms with Gasteiger partial charge in [-0.2, -0.15) is 0 Å². The molecule has 2 saturated heterocycles. The summed E-state index contributed by atoms with van der Waals surface area (Å²) in [4.78, 5) is 4.41. The molecular weight excluding hydrogens is 314 g/mol. The van der Waals surface area contributed by atoms with Gasteiger partial charge in [-0.1, -0.05) is 34.1 Å². The number of benzene rings is 1. The first-order valence-corrected chi connectivity index (χ1v) is 8.13. The lowest BCUT2D eigenvalue weighted by molar-refractivity contribution is 0.300. The van der Waals surface area contributed by atoms with E-state index in [9.17, 15) is 0 Å². The van der Waals surface area contributed by atoms with Crippen LogP contribution in [-0.2, 0) is 0 Å². The van der Waals surface area contributed by atoms with Gasteiger partial charge >= 0.3 is 0 Å². The Hall–Kier alpha value is -1.13. The molecule has 0 saturated carbocycles. The van der Waals surface area contributed by atoms with Crippen molar-refractivity contribution in [2.24, 2.45) is 0 Å². The molecule has 104 valence electrons. The molecule has 3 heterocycles. The molecule has 2 fully saturated rings. The van der Waals surface area contributed by atoms with Crippen LogP contribution in [-0.4, -0.2) is 21.6 Å². The number of nitrogens with one attached hydrogen (secondary N) is 1. The zero-order valence-corrected chi connectivity index (χ0v) is 12.9. The van der Waals surface area contributed by atoms with E-state index in [1.54, 1.807) is 0 Å². The zero-order valence-electron chi connectivity index (χ0n) is 11.3. The van der Waals surface area contributed by atoms with Crippen molar-refractivity contribution in [1.29, 1.82) is 0 Å². The Labute approximate surface area is 127 Å². The Balaban J connectivity index is 1.70. The van der Waals surface area contributed by atoms with E-state index in [0.717, 1.165) is 4.47 Å². The van der Waals surface area contributed by atoms with Gasteiger partial charge in [-0.15, -0.1) is 0 Å². The lowest BCUT2D eigenvalue weighted by Crippen LogP contribution is -2.38. The average Bonchev–Trinajstić information content (AvgIpc) is 3.06. The van der Waals surface area contributed by atoms with Crippen molar-refractivity contribution >= 4 is 15.9 Å². The van der Waals surface area contributed by atoms with Crippen LogP contribution in [0.1, 0.15) is 31.7 Å². The van der Waals surface area contributed by atoms with Crippen LogP contribution in [0.15, 0.2) is 41.3 Å². The summed E-state index contributed by atoms with van der Waals surface area (Å²) >= 11 is 3.66. The molecule has 0 aliphatic carbocycles. The third kappa shape index (κ3) is 2.11. The summed E-state index contributed by atoms with van der Waals surface area (Å²) in [6.07, 6.45) is 9.11. The number of fused-ring (bicyclic) bond motifs is 2. The fraction of sp³-hybridized carbons (Fsp3) is 0.438. The van der Waals surface area contributed by atoms with Gasteiger partial charge in [-0.25, -0.2) is 4.98 Å². The van der Waals surface area contributed by atoms with Gasteiger partial charge < -0.3 is 9.88 Å². The van der Waals surface area contributed by atoms with E-state index in [2.05, 4.69) is 55.1 Å². The van der Waals surface area contributed by atoms with Crippen LogP contribution in [0.3, 0.4) is 0 Å². The molecule has 2 unspecified atom stereocenters. The summed E-state index contributed by atoms with van der Waals surface area (Å²) in [5, 5.41) is 3.71. The van der Waals surface area contributed by atoms with E-state index in [-0.39, 0.29) is 0 Å². The summed E-state index contributed by atoms with van der Waals surface area (Å²) in [6, 6.07) is 10.4. The van der Waals surface area contributed by atoms with Gasteiger partial charge in [0.2, 0.25) is 0 Å². The van der Waals surface area contributed by atoms with Gasteiger partial charge in [0.05, 0.1) is 18.2 Å². The Kier molecular flexibility index (Phi) is 3.15. The zero-order chi connectivity index (χ0) is 13.5. The smallest absolute Gasteiger partial charge is 0.0953 e. The topological polar surface area (TPSA) is 29.9 Å². The van der Waals surface area contributed by atoms with Gasteiger partial charge in [0.25, 0.3) is 0 Å². The molecule has 1 aromatic carbocycles. The minimum Gasteiger partial charge on any atom is -0.327 e. The summed E-state index contributed by atoms with van der Waals surface area (Å²) in [6.45, 7) is 0. The van der Waals surface area contributed by atoms with Crippen LogP contribution >= 0.6 is 15.9 Å². The Morgan fingerprint density at radius 1 is 1.15 bits per heavy atom. The second-order valence-corrected chi connectivity index (χ2v) is 6.78. The lowest BCUT2D eigenvalue weighted by Gasteiger charge is -2.31. The standard InChI is InChI=1S/C16H18BrN3/c17-15-4-2-1-3-14(15)16-9-18-10-20(16)13-7-11-5-6-12(8-13)19-11/h1-4,9-13,19H,5-8H2. The molecule has 2 bridgehead atoms. The normalized spacial score (nSPS) is 28.8. The Bertz CT molecular complexity index is 610. The number of nitrogens with zero attached hydrogens (tertiary/aromatic N) is 2. The third-order valence-corrected chi connectivity index (χ3v) is 5.35. The van der Waals surface area contributed by atoms with Crippen molar-refractivity contribution < 1.29 is 0 Å². The summed E-state index contributed by atoms with van der Waals surface area (Å²) in [5.41, 5.74) is 2.46. The second kappa shape index (κ2) is 5.01. The molecule has 2 atom stereocenters. The fourth-order valence-electron chi connectivity index (χ4n) is 3.73. The minimum atomic E-state index is 0.582. The van der Waals surface area contributed by atoms with Gasteiger partial charge in [-0.05, 0) is 31.7 Å². The predicted octanol–water partition coefficient (Wildman–Crippen LogP) is 3.77. The van der Waals surface area contributed by atoms with Crippen LogP contribution in [0.25, 0.3) is 11.3 Å². The maximum atomic E-state index is 4.41. The van der Waals surface area contributed by atoms with Gasteiger partial charge in [-0.3, -0.25) is 0 Å². The van der Waals surface area contributed by atoms with Crippen LogP contribution < -0.4 is 5.32 Å². The molecule has 2 aliphatic heterocycles. The van der Waals surface area contributed by atoms with E-state index >= 15 is 0 Å². The first kappa shape index (κ1) is 12.6.